The monoisotopic (exact) mass is 1850 g/mol. The van der Waals surface area contributed by atoms with Gasteiger partial charge in [0.15, 0.2) is 5.41 Å². The molecule has 10 bridgehead atoms. The minimum absolute atomic E-state index is 0.00702. The lowest BCUT2D eigenvalue weighted by atomic mass is 9.72. The van der Waals surface area contributed by atoms with Gasteiger partial charge in [-0.1, -0.05) is 55.4 Å². The molecule has 9 aliphatic carbocycles. The molecule has 0 aromatic carbocycles. The van der Waals surface area contributed by atoms with Gasteiger partial charge in [0.25, 0.3) is 0 Å². The summed E-state index contributed by atoms with van der Waals surface area (Å²) in [5, 5.41) is 0. The van der Waals surface area contributed by atoms with Gasteiger partial charge in [-0.3, -0.25) is 57.5 Å². The predicted octanol–water partition coefficient (Wildman–Crippen LogP) is 21.4. The Bertz CT molecular complexity index is 4010. The van der Waals surface area contributed by atoms with Crippen LogP contribution in [0.3, 0.4) is 0 Å². The number of carbonyl (C=O) groups excluding carboxylic acids is 12. The van der Waals surface area contributed by atoms with E-state index in [1.807, 2.05) is 187 Å². The first-order valence-electron chi connectivity index (χ1n) is 49.9. The molecule has 25 heteroatoms. The van der Waals surface area contributed by atoms with Gasteiger partial charge in [-0.15, -0.1) is 0 Å². The smallest absolute Gasteiger partial charge is 0.324 e. The maximum absolute atomic E-state index is 13.2. The van der Waals surface area contributed by atoms with Crippen molar-refractivity contribution in [2.75, 3.05) is 0 Å². The fourth-order valence-electron chi connectivity index (χ4n) is 20.4. The third-order valence-electron chi connectivity index (χ3n) is 31.6. The Hall–Kier alpha value is -6.40. The third kappa shape index (κ3) is 26.9. The van der Waals surface area contributed by atoms with Crippen molar-refractivity contribution >= 4 is 71.6 Å². The normalized spacial score (nSPS) is 30.7. The van der Waals surface area contributed by atoms with Gasteiger partial charge in [-0.25, -0.2) is 0 Å². The first-order chi connectivity index (χ1) is 59.6. The molecule has 20 atom stereocenters. The molecule has 131 heavy (non-hydrogen) atoms. The van der Waals surface area contributed by atoms with Crippen LogP contribution in [0, 0.1) is 114 Å². The average Bonchev–Trinajstić information content (AvgIpc) is 1.56. The van der Waals surface area contributed by atoms with Crippen molar-refractivity contribution in [3.8, 4) is 0 Å². The molecule has 0 spiro atoms. The van der Waals surface area contributed by atoms with Crippen LogP contribution in [-0.2, 0) is 119 Å². The van der Waals surface area contributed by atoms with E-state index in [4.69, 9.17) is 61.6 Å². The van der Waals surface area contributed by atoms with Crippen LogP contribution >= 0.6 is 0 Å². The van der Waals surface area contributed by atoms with Crippen LogP contribution in [0.15, 0.2) is 0 Å². The Morgan fingerprint density at radius 1 is 0.336 bits per heavy atom. The zero-order valence-corrected chi connectivity index (χ0v) is 87.9. The maximum atomic E-state index is 13.2. The van der Waals surface area contributed by atoms with E-state index in [0.29, 0.717) is 70.1 Å². The van der Waals surface area contributed by atoms with E-state index >= 15 is 0 Å². The van der Waals surface area contributed by atoms with Crippen molar-refractivity contribution in [1.29, 1.82) is 0 Å². The zero-order chi connectivity index (χ0) is 99.9. The van der Waals surface area contributed by atoms with Gasteiger partial charge in [-0.05, 0) is 389 Å². The number of carbonyl (C=O) groups is 12. The zero-order valence-electron chi connectivity index (χ0n) is 87.9. The van der Waals surface area contributed by atoms with Crippen LogP contribution < -0.4 is 0 Å². The van der Waals surface area contributed by atoms with Crippen LogP contribution in [0.2, 0.25) is 0 Å². The van der Waals surface area contributed by atoms with Gasteiger partial charge in [0.2, 0.25) is 0 Å². The molecular formula is C106H176O25. The largest absolute Gasteiger partial charge is 0.462 e. The lowest BCUT2D eigenvalue weighted by Crippen LogP contribution is -2.51. The number of fused-ring (bicyclic) bond motifs is 10. The summed E-state index contributed by atoms with van der Waals surface area (Å²) in [6.07, 6.45) is 16.5. The summed E-state index contributed by atoms with van der Waals surface area (Å²) >= 11 is 0. The lowest BCUT2D eigenvalue weighted by Gasteiger charge is -2.39. The molecule has 11 aliphatic rings. The van der Waals surface area contributed by atoms with Gasteiger partial charge >= 0.3 is 71.6 Å². The van der Waals surface area contributed by atoms with Crippen molar-refractivity contribution in [2.24, 2.45) is 114 Å². The molecule has 11 fully saturated rings. The standard InChI is InChI=1S/2C23H38O6.C22H36O4.C21H36O4.C17H28O5/c1-10-22(8,9)17(24)27-16-12-15-11-14(16)13-23(15,18(25)28-20(2,3)4)19(26)29-21(5,6)7;1-10-23(8,9)20(26)27-15-12-13-11-14(15)17(19(25)29-22(5,6)7)16(13)18(24)28-21(2,3)4;1-6-20(3,4)18(23)25-17-13-16-12-15(17)14-21(16,5)19(24)26-22(7-2)10-8-9-11-22;1-9-19(4,5)17(22)24-16-11-15-10-14(16)12-21(15,8)18(23)25-20(6,7)13(2)3;1-7-17(5,6)15(19)21-12-9-10-8-11(13(12)20-10)14(18)22-16(2,3)4/h14-16H,10-13H2,1-9H3;13-17H,10-12H2,1-9H3;15-17H,6-14H2,1-5H3;13-16H,9-12H2,1-8H3;10-13H,7-9H2,1-6H3. The number of hydrogen-bond acceptors (Lipinski definition) is 25. The molecule has 2 heterocycles. The van der Waals surface area contributed by atoms with Crippen LogP contribution in [0.5, 0.6) is 0 Å². The Morgan fingerprint density at radius 2 is 0.672 bits per heavy atom. The van der Waals surface area contributed by atoms with E-state index in [0.717, 1.165) is 83.5 Å². The van der Waals surface area contributed by atoms with Gasteiger partial charge < -0.3 is 61.6 Å². The Balaban J connectivity index is 0.000000225. The van der Waals surface area contributed by atoms with Gasteiger partial charge in [0.05, 0.1) is 61.8 Å². The summed E-state index contributed by atoms with van der Waals surface area (Å²) in [5.41, 5.74) is -8.57. The molecule has 25 nitrogen and oxygen atoms in total. The van der Waals surface area contributed by atoms with Gasteiger partial charge in [0, 0.05) is 12.3 Å². The van der Waals surface area contributed by atoms with E-state index in [2.05, 4.69) is 27.7 Å². The molecule has 0 aromatic rings. The first kappa shape index (κ1) is 112. The number of hydrogen-bond donors (Lipinski definition) is 0. The second-order valence-corrected chi connectivity index (χ2v) is 50.2. The highest BCUT2D eigenvalue weighted by Gasteiger charge is 2.68. The summed E-state index contributed by atoms with van der Waals surface area (Å²) in [7, 11) is 0. The highest BCUT2D eigenvalue weighted by Crippen LogP contribution is 2.63. The summed E-state index contributed by atoms with van der Waals surface area (Å²) in [6.45, 7) is 70.3. The van der Waals surface area contributed by atoms with Crippen molar-refractivity contribution in [3.63, 3.8) is 0 Å². The predicted molar refractivity (Wildman–Crippen MR) is 497 cm³/mol. The Morgan fingerprint density at radius 3 is 1.00 bits per heavy atom. The van der Waals surface area contributed by atoms with E-state index in [1.165, 1.54) is 0 Å². The molecule has 20 unspecified atom stereocenters. The fraction of sp³-hybridized carbons (Fsp3) is 0.887. The molecular weight excluding hydrogens is 1670 g/mol. The van der Waals surface area contributed by atoms with Crippen molar-refractivity contribution in [2.45, 2.75) is 486 Å². The van der Waals surface area contributed by atoms with Crippen molar-refractivity contribution in [1.82, 2.24) is 0 Å². The quantitative estimate of drug-likeness (QED) is 0.0441. The summed E-state index contributed by atoms with van der Waals surface area (Å²) in [4.78, 5) is 153. The fourth-order valence-corrected chi connectivity index (χ4v) is 20.4. The Labute approximate surface area is 786 Å². The molecule has 750 valence electrons. The second-order valence-electron chi connectivity index (χ2n) is 50.2. The summed E-state index contributed by atoms with van der Waals surface area (Å²) < 4.78 is 74.8. The van der Waals surface area contributed by atoms with Crippen LogP contribution in [0.1, 0.15) is 404 Å². The van der Waals surface area contributed by atoms with Crippen molar-refractivity contribution < 1.29 is 119 Å². The van der Waals surface area contributed by atoms with Gasteiger partial charge in [-0.2, -0.15) is 0 Å². The Kier molecular flexibility index (Phi) is 35.0. The highest BCUT2D eigenvalue weighted by atomic mass is 16.6. The minimum atomic E-state index is -1.32. The molecule has 11 rings (SSSR count). The molecule has 2 aliphatic heterocycles. The SMILES string of the molecule is CCC(C)(C)C(=O)OC1CC2CC(C(=O)OC(C)(C)C)C1O2.CCC(C)(C)C(=O)OC1CC2CC1C(C(=O)OC(C)(C)C)C2C(=O)OC(C)(C)C.CCC(C)(C)C(=O)OC1CC2CC1CC2(C(=O)OC(C)(C)C)C(=O)OC(C)(C)C.CCC(C)(C)C(=O)OC1CC2CC1CC2(C)C(=O)OC(C)(C)C(C)C.CCC1(OC(=O)C2(C)CC3CC2CC3OC(=O)C(C)(C)CC)CCCC1. The summed E-state index contributed by atoms with van der Waals surface area (Å²) in [6, 6.07) is 0. The van der Waals surface area contributed by atoms with E-state index < -0.39 is 107 Å². The molecule has 0 aromatic heterocycles. The van der Waals surface area contributed by atoms with Gasteiger partial charge in [0.1, 0.15) is 75.8 Å². The van der Waals surface area contributed by atoms with Crippen molar-refractivity contribution in [3.05, 3.63) is 0 Å². The van der Waals surface area contributed by atoms with E-state index in [-0.39, 0.29) is 155 Å². The topological polar surface area (TPSA) is 325 Å². The molecule has 0 N–H and O–H groups in total. The second kappa shape index (κ2) is 41.1. The maximum Gasteiger partial charge on any atom is 0.324 e. The van der Waals surface area contributed by atoms with Crippen LogP contribution in [0.25, 0.3) is 0 Å². The first-order valence-corrected chi connectivity index (χ1v) is 49.9. The minimum Gasteiger partial charge on any atom is -0.462 e. The van der Waals surface area contributed by atoms with E-state index in [9.17, 15) is 57.5 Å². The molecule has 0 radical (unpaired) electrons. The van der Waals surface area contributed by atoms with E-state index in [1.54, 1.807) is 41.5 Å². The molecule has 9 saturated carbocycles. The number of rotatable bonds is 26. The number of esters is 12. The number of ether oxygens (including phenoxy) is 13. The molecule has 2 saturated heterocycles. The highest BCUT2D eigenvalue weighted by molar-refractivity contribution is 6.01. The van der Waals surface area contributed by atoms with Crippen LogP contribution in [-0.4, -0.2) is 154 Å². The average molecular weight is 1850 g/mol. The lowest BCUT2D eigenvalue weighted by molar-refractivity contribution is -0.193. The third-order valence-corrected chi connectivity index (χ3v) is 31.6. The van der Waals surface area contributed by atoms with Crippen LogP contribution in [0.4, 0.5) is 0 Å². The summed E-state index contributed by atoms with van der Waals surface area (Å²) in [5.74, 6) is -3.80. The molecule has 0 amide bonds.